The number of fused-ring (bicyclic) bond motifs is 2. The van der Waals surface area contributed by atoms with Gasteiger partial charge in [-0.2, -0.15) is 0 Å². The molecular formula is C49H45N. The van der Waals surface area contributed by atoms with E-state index in [0.29, 0.717) is 0 Å². The molecule has 0 saturated carbocycles. The summed E-state index contributed by atoms with van der Waals surface area (Å²) in [6.45, 7) is 6.46. The summed E-state index contributed by atoms with van der Waals surface area (Å²) in [7, 11) is 0. The van der Waals surface area contributed by atoms with Crippen molar-refractivity contribution in [2.45, 2.75) is 33.6 Å². The van der Waals surface area contributed by atoms with E-state index in [2.05, 4.69) is 220 Å². The van der Waals surface area contributed by atoms with Crippen LogP contribution in [0.3, 0.4) is 0 Å². The van der Waals surface area contributed by atoms with E-state index in [0.717, 1.165) is 11.4 Å². The number of anilines is 3. The zero-order valence-electron chi connectivity index (χ0n) is 29.3. The SMILES string of the molecule is CCCc1ccccc1.Cc1ccc(-c2ccc(N(c3ccccc3)c3cccc4ccccc34)cc2)cc1.Cc1cccc2ccccc12. The molecule has 0 amide bonds. The van der Waals surface area contributed by atoms with Crippen molar-refractivity contribution in [3.8, 4) is 11.1 Å². The zero-order valence-corrected chi connectivity index (χ0v) is 29.3. The number of nitrogens with zero attached hydrogens (tertiary/aromatic N) is 1. The van der Waals surface area contributed by atoms with E-state index < -0.39 is 0 Å². The van der Waals surface area contributed by atoms with Crippen molar-refractivity contribution >= 4 is 38.6 Å². The van der Waals surface area contributed by atoms with Gasteiger partial charge in [-0.1, -0.05) is 183 Å². The zero-order chi connectivity index (χ0) is 34.5. The summed E-state index contributed by atoms with van der Waals surface area (Å²) >= 11 is 0. The highest BCUT2D eigenvalue weighted by atomic mass is 15.1. The molecule has 8 rings (SSSR count). The Morgan fingerprint density at radius 3 is 1.50 bits per heavy atom. The summed E-state index contributed by atoms with van der Waals surface area (Å²) in [5, 5.41) is 5.17. The fourth-order valence-electron chi connectivity index (χ4n) is 6.28. The first-order chi connectivity index (χ1) is 24.6. The molecule has 246 valence electrons. The normalized spacial score (nSPS) is 10.5. The van der Waals surface area contributed by atoms with Crippen molar-refractivity contribution in [3.05, 3.63) is 211 Å². The van der Waals surface area contributed by atoms with Crippen LogP contribution in [0.5, 0.6) is 0 Å². The Kier molecular flexibility index (Phi) is 11.5. The fraction of sp³-hybridized carbons (Fsp3) is 0.102. The van der Waals surface area contributed by atoms with Crippen LogP contribution in [0.15, 0.2) is 194 Å². The van der Waals surface area contributed by atoms with Gasteiger partial charge in [0.15, 0.2) is 0 Å². The molecule has 0 N–H and O–H groups in total. The van der Waals surface area contributed by atoms with E-state index in [9.17, 15) is 0 Å². The minimum Gasteiger partial charge on any atom is -0.310 e. The quantitative estimate of drug-likeness (QED) is 0.174. The van der Waals surface area contributed by atoms with Crippen LogP contribution < -0.4 is 4.90 Å². The van der Waals surface area contributed by atoms with Crippen LogP contribution in [0.2, 0.25) is 0 Å². The van der Waals surface area contributed by atoms with Crippen molar-refractivity contribution in [1.82, 2.24) is 0 Å². The van der Waals surface area contributed by atoms with Crippen molar-refractivity contribution in [2.75, 3.05) is 4.90 Å². The third-order valence-corrected chi connectivity index (χ3v) is 8.92. The Balaban J connectivity index is 0.000000175. The average Bonchev–Trinajstić information content (AvgIpc) is 3.17. The molecule has 0 atom stereocenters. The second-order valence-electron chi connectivity index (χ2n) is 12.6. The molecule has 0 saturated heterocycles. The van der Waals surface area contributed by atoms with Crippen LogP contribution in [0, 0.1) is 13.8 Å². The van der Waals surface area contributed by atoms with Crippen molar-refractivity contribution in [2.24, 2.45) is 0 Å². The molecule has 0 heterocycles. The average molecular weight is 648 g/mol. The first kappa shape index (κ1) is 34.0. The third kappa shape index (κ3) is 8.56. The predicted octanol–water partition coefficient (Wildman–Crippen LogP) is 14.1. The van der Waals surface area contributed by atoms with Gasteiger partial charge in [0.1, 0.15) is 0 Å². The number of hydrogen-bond acceptors (Lipinski definition) is 1. The maximum atomic E-state index is 2.33. The van der Waals surface area contributed by atoms with Crippen LogP contribution in [0.25, 0.3) is 32.7 Å². The lowest BCUT2D eigenvalue weighted by Gasteiger charge is -2.27. The van der Waals surface area contributed by atoms with E-state index in [4.69, 9.17) is 0 Å². The molecule has 0 radical (unpaired) electrons. The lowest BCUT2D eigenvalue weighted by Crippen LogP contribution is -2.10. The van der Waals surface area contributed by atoms with E-state index in [-0.39, 0.29) is 0 Å². The second-order valence-corrected chi connectivity index (χ2v) is 12.6. The van der Waals surface area contributed by atoms with Gasteiger partial charge in [0.05, 0.1) is 5.69 Å². The number of rotatable bonds is 6. The van der Waals surface area contributed by atoms with E-state index in [1.54, 1.807) is 0 Å². The van der Waals surface area contributed by atoms with Gasteiger partial charge in [-0.15, -0.1) is 0 Å². The molecule has 0 aliphatic heterocycles. The maximum absolute atomic E-state index is 2.33. The van der Waals surface area contributed by atoms with Gasteiger partial charge in [-0.25, -0.2) is 0 Å². The van der Waals surface area contributed by atoms with Crippen molar-refractivity contribution < 1.29 is 0 Å². The molecular weight excluding hydrogens is 603 g/mol. The van der Waals surface area contributed by atoms with Crippen molar-refractivity contribution in [3.63, 3.8) is 0 Å². The summed E-state index contributed by atoms with van der Waals surface area (Å²) in [6, 6.07) is 68.6. The van der Waals surface area contributed by atoms with Crippen LogP contribution in [0.1, 0.15) is 30.0 Å². The molecule has 50 heavy (non-hydrogen) atoms. The summed E-state index contributed by atoms with van der Waals surface area (Å²) < 4.78 is 0. The Labute approximate surface area is 298 Å². The summed E-state index contributed by atoms with van der Waals surface area (Å²) in [6.07, 6.45) is 2.45. The summed E-state index contributed by atoms with van der Waals surface area (Å²) in [5.41, 5.74) is 10.0. The van der Waals surface area contributed by atoms with Gasteiger partial charge in [-0.05, 0) is 89.0 Å². The fourth-order valence-corrected chi connectivity index (χ4v) is 6.28. The topological polar surface area (TPSA) is 3.24 Å². The first-order valence-corrected chi connectivity index (χ1v) is 17.6. The Morgan fingerprint density at radius 2 is 0.880 bits per heavy atom. The van der Waals surface area contributed by atoms with Crippen LogP contribution in [-0.4, -0.2) is 0 Å². The molecule has 1 heteroatoms. The summed E-state index contributed by atoms with van der Waals surface area (Å²) in [5.74, 6) is 0. The minimum absolute atomic E-state index is 1.15. The predicted molar refractivity (Wildman–Crippen MR) is 218 cm³/mol. The number of para-hydroxylation sites is 1. The summed E-state index contributed by atoms with van der Waals surface area (Å²) in [4.78, 5) is 2.33. The van der Waals surface area contributed by atoms with E-state index in [1.165, 1.54) is 67.9 Å². The molecule has 0 unspecified atom stereocenters. The molecule has 0 fully saturated rings. The Morgan fingerprint density at radius 1 is 0.400 bits per heavy atom. The Bertz CT molecular complexity index is 2210. The van der Waals surface area contributed by atoms with Gasteiger partial charge in [-0.3, -0.25) is 0 Å². The molecule has 0 aliphatic carbocycles. The monoisotopic (exact) mass is 647 g/mol. The molecule has 8 aromatic rings. The van der Waals surface area contributed by atoms with Crippen LogP contribution >= 0.6 is 0 Å². The van der Waals surface area contributed by atoms with Crippen LogP contribution in [0.4, 0.5) is 17.1 Å². The van der Waals surface area contributed by atoms with Gasteiger partial charge >= 0.3 is 0 Å². The van der Waals surface area contributed by atoms with Gasteiger partial charge in [0.25, 0.3) is 0 Å². The maximum Gasteiger partial charge on any atom is 0.0540 e. The van der Waals surface area contributed by atoms with Crippen molar-refractivity contribution in [1.29, 1.82) is 0 Å². The number of hydrogen-bond donors (Lipinski definition) is 0. The third-order valence-electron chi connectivity index (χ3n) is 8.92. The highest BCUT2D eigenvalue weighted by Gasteiger charge is 2.15. The Hall–Kier alpha value is -5.92. The van der Waals surface area contributed by atoms with E-state index >= 15 is 0 Å². The highest BCUT2D eigenvalue weighted by molar-refractivity contribution is 5.99. The highest BCUT2D eigenvalue weighted by Crippen LogP contribution is 2.39. The molecule has 8 aromatic carbocycles. The molecule has 1 nitrogen and oxygen atoms in total. The van der Waals surface area contributed by atoms with Gasteiger partial charge in [0, 0.05) is 16.8 Å². The smallest absolute Gasteiger partial charge is 0.0540 e. The van der Waals surface area contributed by atoms with Gasteiger partial charge < -0.3 is 4.90 Å². The van der Waals surface area contributed by atoms with E-state index in [1.807, 2.05) is 0 Å². The molecule has 0 spiro atoms. The van der Waals surface area contributed by atoms with Crippen LogP contribution in [-0.2, 0) is 6.42 Å². The molecule has 0 aromatic heterocycles. The van der Waals surface area contributed by atoms with Gasteiger partial charge in [0.2, 0.25) is 0 Å². The minimum atomic E-state index is 1.15. The first-order valence-electron chi connectivity index (χ1n) is 17.6. The lowest BCUT2D eigenvalue weighted by atomic mass is 10.0. The standard InChI is InChI=1S/C29H23N.C11H10.C9H12/c1-22-14-16-23(17-15-22)24-18-20-27(21-19-24)30(26-10-3-2-4-11-26)29-13-7-9-25-8-5-6-12-28(25)29;1-9-5-4-7-10-6-2-3-8-11(9)10;1-2-6-9-7-4-3-5-8-9/h2-21H,1H3;2-8H,1H3;3-5,7-8H,2,6H2,1H3. The largest absolute Gasteiger partial charge is 0.310 e. The number of benzene rings is 8. The molecule has 0 bridgehead atoms. The second kappa shape index (κ2) is 17.0. The number of aryl methyl sites for hydroxylation is 3. The lowest BCUT2D eigenvalue weighted by molar-refractivity contribution is 0.922. The molecule has 0 aliphatic rings.